The number of hydrogen-bond donors (Lipinski definition) is 1. The van der Waals surface area contributed by atoms with Crippen LogP contribution in [0.15, 0.2) is 0 Å². The number of likely N-dealkylation sites (N-methyl/N-ethyl adjacent to an activating group) is 1. The number of rotatable bonds is 6. The summed E-state index contributed by atoms with van der Waals surface area (Å²) in [7, 11) is 3.03. The molecule has 1 unspecified atom stereocenters. The van der Waals surface area contributed by atoms with Gasteiger partial charge < -0.3 is 15.0 Å². The normalized spacial score (nSPS) is 11.4. The van der Waals surface area contributed by atoms with Gasteiger partial charge in [-0.2, -0.15) is 5.26 Å². The number of amides is 2. The van der Waals surface area contributed by atoms with Gasteiger partial charge in [0, 0.05) is 20.7 Å². The Bertz CT molecular complexity index is 286. The van der Waals surface area contributed by atoms with E-state index in [9.17, 15) is 9.59 Å². The van der Waals surface area contributed by atoms with E-state index in [1.54, 1.807) is 0 Å². The van der Waals surface area contributed by atoms with Crippen LogP contribution in [0, 0.1) is 17.2 Å². The molecule has 0 aromatic heterocycles. The fourth-order valence-electron chi connectivity index (χ4n) is 1.03. The fourth-order valence-corrected chi connectivity index (χ4v) is 1.03. The monoisotopic (exact) mass is 227 g/mol. The first-order chi connectivity index (χ1) is 7.52. The maximum absolute atomic E-state index is 11.4. The van der Waals surface area contributed by atoms with Crippen LogP contribution < -0.4 is 5.32 Å². The highest BCUT2D eigenvalue weighted by molar-refractivity contribution is 5.86. The Kier molecular flexibility index (Phi) is 6.88. The minimum Gasteiger partial charge on any atom is -0.383 e. The average molecular weight is 227 g/mol. The highest BCUT2D eigenvalue weighted by Crippen LogP contribution is 1.98. The summed E-state index contributed by atoms with van der Waals surface area (Å²) in [5.41, 5.74) is 0. The van der Waals surface area contributed by atoms with Crippen LogP contribution in [0.5, 0.6) is 0 Å². The Morgan fingerprint density at radius 2 is 2.19 bits per heavy atom. The molecule has 90 valence electrons. The van der Waals surface area contributed by atoms with Crippen LogP contribution in [-0.2, 0) is 14.3 Å². The average Bonchev–Trinajstić information content (AvgIpc) is 2.27. The standard InChI is InChI=1S/C10H17N3O3/c1-8(6-11)10(15)13(2)7-9(14)12-4-5-16-3/h8H,4-5,7H2,1-3H3,(H,12,14). The van der Waals surface area contributed by atoms with Gasteiger partial charge in [-0.1, -0.05) is 0 Å². The molecule has 0 rings (SSSR count). The molecule has 0 spiro atoms. The van der Waals surface area contributed by atoms with Gasteiger partial charge in [0.1, 0.15) is 5.92 Å². The molecule has 6 heteroatoms. The zero-order chi connectivity index (χ0) is 12.6. The minimum atomic E-state index is -0.725. The summed E-state index contributed by atoms with van der Waals surface area (Å²) >= 11 is 0. The predicted octanol–water partition coefficient (Wildman–Crippen LogP) is -0.633. The van der Waals surface area contributed by atoms with Crippen LogP contribution in [0.2, 0.25) is 0 Å². The number of nitrogens with one attached hydrogen (secondary N) is 1. The van der Waals surface area contributed by atoms with Crippen LogP contribution in [0.25, 0.3) is 0 Å². The fraction of sp³-hybridized carbons (Fsp3) is 0.700. The number of carbonyl (C=O) groups excluding carboxylic acids is 2. The highest BCUT2D eigenvalue weighted by Gasteiger charge is 2.18. The smallest absolute Gasteiger partial charge is 0.239 e. The minimum absolute atomic E-state index is 0.0471. The first-order valence-electron chi connectivity index (χ1n) is 4.93. The summed E-state index contributed by atoms with van der Waals surface area (Å²) in [6.45, 7) is 2.29. The van der Waals surface area contributed by atoms with E-state index in [-0.39, 0.29) is 18.4 Å². The lowest BCUT2D eigenvalue weighted by atomic mass is 10.2. The van der Waals surface area contributed by atoms with Gasteiger partial charge in [0.15, 0.2) is 0 Å². The molecule has 2 amide bonds. The topological polar surface area (TPSA) is 82.4 Å². The lowest BCUT2D eigenvalue weighted by Crippen LogP contribution is -2.41. The Morgan fingerprint density at radius 3 is 2.69 bits per heavy atom. The number of hydrogen-bond acceptors (Lipinski definition) is 4. The molecule has 1 atom stereocenters. The van der Waals surface area contributed by atoms with Gasteiger partial charge in [0.2, 0.25) is 11.8 Å². The molecule has 0 bridgehead atoms. The molecule has 0 radical (unpaired) electrons. The van der Waals surface area contributed by atoms with Gasteiger partial charge in [0.25, 0.3) is 0 Å². The van der Waals surface area contributed by atoms with Crippen molar-refractivity contribution in [3.8, 4) is 6.07 Å². The molecule has 0 fully saturated rings. The van der Waals surface area contributed by atoms with Gasteiger partial charge in [-0.3, -0.25) is 9.59 Å². The quantitative estimate of drug-likeness (QED) is 0.612. The van der Waals surface area contributed by atoms with Crippen molar-refractivity contribution >= 4 is 11.8 Å². The Labute approximate surface area is 95.2 Å². The van der Waals surface area contributed by atoms with Crippen LogP contribution in [0.3, 0.4) is 0 Å². The highest BCUT2D eigenvalue weighted by atomic mass is 16.5. The number of methoxy groups -OCH3 is 1. The zero-order valence-electron chi connectivity index (χ0n) is 9.82. The molecule has 0 aliphatic rings. The lowest BCUT2D eigenvalue weighted by Gasteiger charge is -2.17. The van der Waals surface area contributed by atoms with Crippen LogP contribution in [0.1, 0.15) is 6.92 Å². The van der Waals surface area contributed by atoms with Crippen LogP contribution in [0.4, 0.5) is 0 Å². The maximum atomic E-state index is 11.4. The van der Waals surface area contributed by atoms with Crippen molar-refractivity contribution in [3.63, 3.8) is 0 Å². The Balaban J connectivity index is 3.95. The number of carbonyl (C=O) groups is 2. The van der Waals surface area contributed by atoms with Crippen molar-refractivity contribution in [3.05, 3.63) is 0 Å². The lowest BCUT2D eigenvalue weighted by molar-refractivity contribution is -0.136. The molecule has 0 aromatic rings. The number of ether oxygens (including phenoxy) is 1. The Hall–Kier alpha value is -1.61. The van der Waals surface area contributed by atoms with E-state index in [1.807, 2.05) is 6.07 Å². The third kappa shape index (κ3) is 5.32. The SMILES string of the molecule is COCCNC(=O)CN(C)C(=O)C(C)C#N. The van der Waals surface area contributed by atoms with E-state index in [2.05, 4.69) is 5.32 Å². The molecule has 6 nitrogen and oxygen atoms in total. The molecular formula is C10H17N3O3. The van der Waals surface area contributed by atoms with Gasteiger partial charge in [-0.05, 0) is 6.92 Å². The molecule has 0 saturated heterocycles. The van der Waals surface area contributed by atoms with Crippen LogP contribution in [-0.4, -0.2) is 50.6 Å². The van der Waals surface area contributed by atoms with Gasteiger partial charge in [0.05, 0.1) is 19.2 Å². The molecule has 16 heavy (non-hydrogen) atoms. The van der Waals surface area contributed by atoms with E-state index < -0.39 is 5.92 Å². The molecule has 1 N–H and O–H groups in total. The number of nitrogens with zero attached hydrogens (tertiary/aromatic N) is 2. The van der Waals surface area contributed by atoms with Crippen molar-refractivity contribution in [2.45, 2.75) is 6.92 Å². The number of nitriles is 1. The molecule has 0 heterocycles. The summed E-state index contributed by atoms with van der Waals surface area (Å²) < 4.78 is 4.76. The summed E-state index contributed by atoms with van der Waals surface area (Å²) in [5.74, 6) is -1.35. The molecular weight excluding hydrogens is 210 g/mol. The second kappa shape index (κ2) is 7.65. The van der Waals surface area contributed by atoms with Gasteiger partial charge in [-0.15, -0.1) is 0 Å². The molecule has 0 aliphatic heterocycles. The van der Waals surface area contributed by atoms with Crippen molar-refractivity contribution in [2.24, 2.45) is 5.92 Å². The second-order valence-corrected chi connectivity index (χ2v) is 3.39. The van der Waals surface area contributed by atoms with E-state index in [1.165, 1.54) is 26.0 Å². The van der Waals surface area contributed by atoms with Crippen molar-refractivity contribution in [1.29, 1.82) is 5.26 Å². The first kappa shape index (κ1) is 14.4. The van der Waals surface area contributed by atoms with Gasteiger partial charge >= 0.3 is 0 Å². The largest absolute Gasteiger partial charge is 0.383 e. The maximum Gasteiger partial charge on any atom is 0.239 e. The van der Waals surface area contributed by atoms with Gasteiger partial charge in [-0.25, -0.2) is 0 Å². The van der Waals surface area contributed by atoms with E-state index in [0.717, 1.165) is 0 Å². The summed E-state index contributed by atoms with van der Waals surface area (Å²) in [4.78, 5) is 24.0. The van der Waals surface area contributed by atoms with Crippen LogP contribution >= 0.6 is 0 Å². The predicted molar refractivity (Wildman–Crippen MR) is 57.3 cm³/mol. The molecule has 0 saturated carbocycles. The molecule has 0 aliphatic carbocycles. The van der Waals surface area contributed by atoms with Crippen molar-refractivity contribution in [1.82, 2.24) is 10.2 Å². The third-order valence-electron chi connectivity index (χ3n) is 1.95. The summed E-state index contributed by atoms with van der Waals surface area (Å²) in [6.07, 6.45) is 0. The van der Waals surface area contributed by atoms with Crippen molar-refractivity contribution < 1.29 is 14.3 Å². The van der Waals surface area contributed by atoms with E-state index in [4.69, 9.17) is 10.00 Å². The first-order valence-corrected chi connectivity index (χ1v) is 4.93. The summed E-state index contributed by atoms with van der Waals surface area (Å²) in [6, 6.07) is 1.83. The van der Waals surface area contributed by atoms with E-state index in [0.29, 0.717) is 13.2 Å². The van der Waals surface area contributed by atoms with E-state index >= 15 is 0 Å². The summed E-state index contributed by atoms with van der Waals surface area (Å²) in [5, 5.41) is 11.1. The Morgan fingerprint density at radius 1 is 1.56 bits per heavy atom. The second-order valence-electron chi connectivity index (χ2n) is 3.39. The molecule has 0 aromatic carbocycles. The zero-order valence-corrected chi connectivity index (χ0v) is 9.82. The third-order valence-corrected chi connectivity index (χ3v) is 1.95. The van der Waals surface area contributed by atoms with Crippen molar-refractivity contribution in [2.75, 3.05) is 33.9 Å².